The lowest BCUT2D eigenvalue weighted by atomic mass is 10.0. The van der Waals surface area contributed by atoms with Crippen LogP contribution in [0.3, 0.4) is 0 Å². The van der Waals surface area contributed by atoms with Crippen molar-refractivity contribution in [3.8, 4) is 0 Å². The van der Waals surface area contributed by atoms with E-state index in [1.54, 1.807) is 6.20 Å². The molecule has 28 heavy (non-hydrogen) atoms. The molecular weight excluding hydrogens is 350 g/mol. The highest BCUT2D eigenvalue weighted by Gasteiger charge is 2.31. The number of likely N-dealkylation sites (tertiary alicyclic amines) is 1. The molecular formula is C23H23N3O2. The molecule has 1 fully saturated rings. The highest BCUT2D eigenvalue weighted by molar-refractivity contribution is 5.96. The number of carbonyl (C=O) groups is 2. The van der Waals surface area contributed by atoms with Gasteiger partial charge in [-0.25, -0.2) is 0 Å². The monoisotopic (exact) mass is 373 g/mol. The van der Waals surface area contributed by atoms with E-state index in [0.29, 0.717) is 25.1 Å². The van der Waals surface area contributed by atoms with Gasteiger partial charge in [-0.3, -0.25) is 14.6 Å². The summed E-state index contributed by atoms with van der Waals surface area (Å²) >= 11 is 0. The number of benzene rings is 2. The Morgan fingerprint density at radius 3 is 2.79 bits per heavy atom. The van der Waals surface area contributed by atoms with E-state index in [-0.39, 0.29) is 17.9 Å². The average Bonchev–Trinajstić information content (AvgIpc) is 3.00. The first-order valence-electron chi connectivity index (χ1n) is 9.50. The lowest BCUT2D eigenvalue weighted by molar-refractivity contribution is -0.128. The Bertz CT molecular complexity index is 1060. The van der Waals surface area contributed by atoms with E-state index in [4.69, 9.17) is 0 Å². The van der Waals surface area contributed by atoms with E-state index in [9.17, 15) is 9.59 Å². The van der Waals surface area contributed by atoms with Gasteiger partial charge in [0.15, 0.2) is 0 Å². The first-order valence-corrected chi connectivity index (χ1v) is 9.50. The van der Waals surface area contributed by atoms with Crippen molar-refractivity contribution in [2.24, 2.45) is 0 Å². The number of hydrogen-bond acceptors (Lipinski definition) is 3. The second kappa shape index (κ2) is 7.43. The third kappa shape index (κ3) is 3.60. The lowest BCUT2D eigenvalue weighted by Gasteiger charge is -2.18. The van der Waals surface area contributed by atoms with Crippen LogP contribution in [-0.2, 0) is 11.3 Å². The number of pyridine rings is 1. The smallest absolute Gasteiger partial charge is 0.253 e. The van der Waals surface area contributed by atoms with Crippen LogP contribution in [-0.4, -0.2) is 34.3 Å². The van der Waals surface area contributed by atoms with Gasteiger partial charge < -0.3 is 10.2 Å². The molecule has 1 aliphatic rings. The molecule has 2 aromatic carbocycles. The number of carbonyl (C=O) groups excluding carboxylic acids is 2. The van der Waals surface area contributed by atoms with Gasteiger partial charge in [0.1, 0.15) is 0 Å². The number of nitrogens with zero attached hydrogens (tertiary/aromatic N) is 2. The van der Waals surface area contributed by atoms with Crippen LogP contribution < -0.4 is 5.32 Å². The number of aryl methyl sites for hydroxylation is 2. The molecule has 0 radical (unpaired) electrons. The Hall–Kier alpha value is -3.21. The van der Waals surface area contributed by atoms with E-state index in [1.165, 1.54) is 5.39 Å². The van der Waals surface area contributed by atoms with E-state index < -0.39 is 0 Å². The molecule has 0 aliphatic carbocycles. The molecule has 0 unspecified atom stereocenters. The fraction of sp³-hybridized carbons (Fsp3) is 0.261. The quantitative estimate of drug-likeness (QED) is 0.763. The maximum absolute atomic E-state index is 12.6. The van der Waals surface area contributed by atoms with Crippen molar-refractivity contribution in [3.63, 3.8) is 0 Å². The summed E-state index contributed by atoms with van der Waals surface area (Å²) in [7, 11) is 0. The van der Waals surface area contributed by atoms with Crippen LogP contribution in [0.25, 0.3) is 10.8 Å². The van der Waals surface area contributed by atoms with Crippen molar-refractivity contribution in [1.82, 2.24) is 15.2 Å². The summed E-state index contributed by atoms with van der Waals surface area (Å²) in [5.41, 5.74) is 3.45. The minimum Gasteiger partial charge on any atom is -0.347 e. The fourth-order valence-corrected chi connectivity index (χ4v) is 3.86. The maximum atomic E-state index is 12.6. The molecule has 1 aliphatic heterocycles. The van der Waals surface area contributed by atoms with Crippen LogP contribution in [0.1, 0.15) is 33.6 Å². The summed E-state index contributed by atoms with van der Waals surface area (Å²) < 4.78 is 0. The van der Waals surface area contributed by atoms with Gasteiger partial charge in [0, 0.05) is 31.4 Å². The number of nitrogens with one attached hydrogen (secondary N) is 1. The molecule has 1 atom stereocenters. The molecule has 5 heteroatoms. The Kier molecular flexibility index (Phi) is 4.82. The van der Waals surface area contributed by atoms with Crippen LogP contribution in [0.2, 0.25) is 0 Å². The summed E-state index contributed by atoms with van der Waals surface area (Å²) in [6.45, 7) is 4.87. The van der Waals surface area contributed by atoms with Gasteiger partial charge in [0.05, 0.1) is 11.6 Å². The van der Waals surface area contributed by atoms with Crippen molar-refractivity contribution in [2.75, 3.05) is 6.54 Å². The van der Waals surface area contributed by atoms with E-state index >= 15 is 0 Å². The molecule has 0 bridgehead atoms. The Morgan fingerprint density at radius 1 is 1.18 bits per heavy atom. The highest BCUT2D eigenvalue weighted by Crippen LogP contribution is 2.22. The average molecular weight is 373 g/mol. The van der Waals surface area contributed by atoms with Crippen molar-refractivity contribution in [2.45, 2.75) is 32.9 Å². The zero-order chi connectivity index (χ0) is 19.7. The molecule has 2 heterocycles. The van der Waals surface area contributed by atoms with Crippen molar-refractivity contribution in [1.29, 1.82) is 0 Å². The predicted octanol–water partition coefficient (Wildman–Crippen LogP) is 3.38. The normalized spacial score (nSPS) is 16.6. The zero-order valence-electron chi connectivity index (χ0n) is 16.1. The number of hydrogen-bond donors (Lipinski definition) is 1. The number of rotatable bonds is 4. The molecule has 5 nitrogen and oxygen atoms in total. The van der Waals surface area contributed by atoms with Gasteiger partial charge in [0.25, 0.3) is 5.91 Å². The summed E-state index contributed by atoms with van der Waals surface area (Å²) in [6, 6.07) is 16.0. The highest BCUT2D eigenvalue weighted by atomic mass is 16.2. The largest absolute Gasteiger partial charge is 0.347 e. The molecule has 1 N–H and O–H groups in total. The third-order valence-electron chi connectivity index (χ3n) is 5.28. The van der Waals surface area contributed by atoms with E-state index in [1.807, 2.05) is 43.0 Å². The van der Waals surface area contributed by atoms with E-state index in [2.05, 4.69) is 34.6 Å². The molecule has 142 valence electrons. The minimum absolute atomic E-state index is 0.0667. The zero-order valence-corrected chi connectivity index (χ0v) is 16.1. The number of aromatic nitrogens is 1. The first kappa shape index (κ1) is 18.2. The topological polar surface area (TPSA) is 62.3 Å². The Labute approximate surface area is 164 Å². The number of amides is 2. The summed E-state index contributed by atoms with van der Waals surface area (Å²) in [6.07, 6.45) is 1.93. The lowest BCUT2D eigenvalue weighted by Crippen LogP contribution is -2.37. The Morgan fingerprint density at radius 2 is 1.96 bits per heavy atom. The molecule has 3 aromatic rings. The van der Waals surface area contributed by atoms with Crippen LogP contribution in [0.4, 0.5) is 0 Å². The second-order valence-electron chi connectivity index (χ2n) is 7.43. The van der Waals surface area contributed by atoms with Crippen molar-refractivity contribution in [3.05, 3.63) is 77.1 Å². The van der Waals surface area contributed by atoms with Gasteiger partial charge in [-0.2, -0.15) is 0 Å². The second-order valence-corrected chi connectivity index (χ2v) is 7.43. The maximum Gasteiger partial charge on any atom is 0.253 e. The third-order valence-corrected chi connectivity index (χ3v) is 5.28. The van der Waals surface area contributed by atoms with Crippen molar-refractivity contribution < 1.29 is 9.59 Å². The van der Waals surface area contributed by atoms with E-state index in [0.717, 1.165) is 22.2 Å². The molecule has 1 aromatic heterocycles. The number of fused-ring (bicyclic) bond motifs is 1. The van der Waals surface area contributed by atoms with Gasteiger partial charge in [-0.05, 0) is 41.8 Å². The van der Waals surface area contributed by atoms with Crippen LogP contribution in [0, 0.1) is 13.8 Å². The van der Waals surface area contributed by atoms with Gasteiger partial charge >= 0.3 is 0 Å². The Balaban J connectivity index is 1.46. The fourth-order valence-electron chi connectivity index (χ4n) is 3.86. The molecule has 0 spiro atoms. The summed E-state index contributed by atoms with van der Waals surface area (Å²) in [5.74, 6) is -0.105. The van der Waals surface area contributed by atoms with Gasteiger partial charge in [0.2, 0.25) is 5.91 Å². The van der Waals surface area contributed by atoms with Crippen LogP contribution in [0.15, 0.2) is 54.7 Å². The molecule has 1 saturated heterocycles. The molecule has 2 amide bonds. The summed E-state index contributed by atoms with van der Waals surface area (Å²) in [4.78, 5) is 31.2. The summed E-state index contributed by atoms with van der Waals surface area (Å²) in [5, 5.41) is 5.32. The SMILES string of the molecule is Cc1cc(C)c(C(=O)N[C@@H]2CC(=O)N(Cc3cccc4ccccc34)C2)cn1. The standard InChI is InChI=1S/C23H23N3O2/c1-15-10-16(2)24-12-21(15)23(28)25-19-11-22(27)26(14-19)13-18-8-5-7-17-6-3-4-9-20(17)18/h3-10,12,19H,11,13-14H2,1-2H3,(H,25,28)/t19-/m1/s1. The van der Waals surface area contributed by atoms with Crippen LogP contribution in [0.5, 0.6) is 0 Å². The van der Waals surface area contributed by atoms with Crippen molar-refractivity contribution >= 4 is 22.6 Å². The molecule has 0 saturated carbocycles. The van der Waals surface area contributed by atoms with Crippen LogP contribution >= 0.6 is 0 Å². The predicted molar refractivity (Wildman–Crippen MR) is 109 cm³/mol. The van der Waals surface area contributed by atoms with Gasteiger partial charge in [-0.15, -0.1) is 0 Å². The minimum atomic E-state index is -0.185. The first-order chi connectivity index (χ1) is 13.5. The van der Waals surface area contributed by atoms with Gasteiger partial charge in [-0.1, -0.05) is 42.5 Å². The molecule has 4 rings (SSSR count).